The van der Waals surface area contributed by atoms with Crippen molar-refractivity contribution in [1.29, 1.82) is 0 Å². The highest BCUT2D eigenvalue weighted by Crippen LogP contribution is 2.36. The number of aliphatic hydroxyl groups excluding tert-OH is 1. The molecule has 2 N–H and O–H groups in total. The summed E-state index contributed by atoms with van der Waals surface area (Å²) in [6.07, 6.45) is 2.86. The summed E-state index contributed by atoms with van der Waals surface area (Å²) in [6, 6.07) is 3.54. The largest absolute Gasteiger partial charge is 0.493 e. The second-order valence-corrected chi connectivity index (χ2v) is 6.26. The van der Waals surface area contributed by atoms with Crippen molar-refractivity contribution in [2.45, 2.75) is 44.8 Å². The Morgan fingerprint density at radius 1 is 1.36 bits per heavy atom. The van der Waals surface area contributed by atoms with Gasteiger partial charge in [-0.15, -0.1) is 0 Å². The Labute approximate surface area is 139 Å². The summed E-state index contributed by atoms with van der Waals surface area (Å²) in [5, 5.41) is 12.5. The zero-order chi connectivity index (χ0) is 16.1. The Kier molecular flexibility index (Phi) is 6.08. The molecule has 1 aliphatic carbocycles. The van der Waals surface area contributed by atoms with Crippen molar-refractivity contribution in [3.8, 4) is 11.5 Å². The number of nitrogens with one attached hydrogen (secondary N) is 1. The molecule has 1 saturated carbocycles. The number of benzene rings is 1. The zero-order valence-electron chi connectivity index (χ0n) is 12.9. The van der Waals surface area contributed by atoms with Gasteiger partial charge in [-0.2, -0.15) is 0 Å². The van der Waals surface area contributed by atoms with Gasteiger partial charge in [0.25, 0.3) is 5.91 Å². The van der Waals surface area contributed by atoms with Gasteiger partial charge in [-0.05, 0) is 60.7 Å². The maximum absolute atomic E-state index is 12.4. The molecule has 1 fully saturated rings. The molecular formula is C16H22BrNO4. The van der Waals surface area contributed by atoms with Gasteiger partial charge in [-0.1, -0.05) is 0 Å². The first-order chi connectivity index (χ1) is 10.5. The minimum Gasteiger partial charge on any atom is -0.493 e. The number of ether oxygens (including phenoxy) is 2. The summed E-state index contributed by atoms with van der Waals surface area (Å²) >= 11 is 3.42. The normalized spacial score (nSPS) is 21.3. The Bertz CT molecular complexity index is 527. The summed E-state index contributed by atoms with van der Waals surface area (Å²) in [6.45, 7) is 2.41. The van der Waals surface area contributed by atoms with Crippen molar-refractivity contribution in [1.82, 2.24) is 5.32 Å². The van der Waals surface area contributed by atoms with E-state index in [0.717, 1.165) is 25.7 Å². The third-order valence-electron chi connectivity index (χ3n) is 3.81. The number of hydrogen-bond acceptors (Lipinski definition) is 4. The molecule has 1 aliphatic rings. The molecule has 2 rings (SSSR count). The fourth-order valence-electron chi connectivity index (χ4n) is 2.62. The van der Waals surface area contributed by atoms with Gasteiger partial charge >= 0.3 is 0 Å². The van der Waals surface area contributed by atoms with Crippen LogP contribution < -0.4 is 14.8 Å². The molecule has 6 heteroatoms. The monoisotopic (exact) mass is 371 g/mol. The lowest BCUT2D eigenvalue weighted by Gasteiger charge is -2.26. The predicted octanol–water partition coefficient (Wildman–Crippen LogP) is 2.89. The van der Waals surface area contributed by atoms with E-state index in [-0.39, 0.29) is 18.1 Å². The Morgan fingerprint density at radius 3 is 2.64 bits per heavy atom. The summed E-state index contributed by atoms with van der Waals surface area (Å²) in [5.74, 6) is 0.992. The van der Waals surface area contributed by atoms with Crippen LogP contribution in [0.5, 0.6) is 11.5 Å². The predicted molar refractivity (Wildman–Crippen MR) is 87.6 cm³/mol. The fraction of sp³-hybridized carbons (Fsp3) is 0.562. The maximum Gasteiger partial charge on any atom is 0.251 e. The number of amides is 1. The first kappa shape index (κ1) is 17.1. The summed E-state index contributed by atoms with van der Waals surface area (Å²) in [5.41, 5.74) is 0.526. The SMILES string of the molecule is CCOc1c(Br)cc(C(=O)NC2CCC(O)CC2)cc1OC. The molecule has 0 unspecified atom stereocenters. The van der Waals surface area contributed by atoms with E-state index in [4.69, 9.17) is 9.47 Å². The van der Waals surface area contributed by atoms with Gasteiger partial charge < -0.3 is 19.9 Å². The van der Waals surface area contributed by atoms with Crippen LogP contribution >= 0.6 is 15.9 Å². The zero-order valence-corrected chi connectivity index (χ0v) is 14.5. The van der Waals surface area contributed by atoms with Crippen LogP contribution in [0.4, 0.5) is 0 Å². The molecule has 1 amide bonds. The van der Waals surface area contributed by atoms with Gasteiger partial charge in [0.1, 0.15) is 0 Å². The lowest BCUT2D eigenvalue weighted by atomic mass is 9.93. The van der Waals surface area contributed by atoms with Gasteiger partial charge in [0.2, 0.25) is 0 Å². The fourth-order valence-corrected chi connectivity index (χ4v) is 3.18. The van der Waals surface area contributed by atoms with Crippen molar-refractivity contribution >= 4 is 21.8 Å². The van der Waals surface area contributed by atoms with E-state index in [0.29, 0.717) is 28.1 Å². The van der Waals surface area contributed by atoms with E-state index in [1.165, 1.54) is 0 Å². The van der Waals surface area contributed by atoms with Crippen LogP contribution in [-0.4, -0.2) is 36.9 Å². The highest BCUT2D eigenvalue weighted by Gasteiger charge is 2.22. The highest BCUT2D eigenvalue weighted by molar-refractivity contribution is 9.10. The molecule has 0 heterocycles. The molecule has 0 saturated heterocycles. The lowest BCUT2D eigenvalue weighted by molar-refractivity contribution is 0.0867. The van der Waals surface area contributed by atoms with Crippen LogP contribution in [0.15, 0.2) is 16.6 Å². The molecule has 0 aromatic heterocycles. The third-order valence-corrected chi connectivity index (χ3v) is 4.40. The first-order valence-electron chi connectivity index (χ1n) is 7.54. The first-order valence-corrected chi connectivity index (χ1v) is 8.33. The molecule has 22 heavy (non-hydrogen) atoms. The molecule has 0 spiro atoms. The molecule has 1 aromatic carbocycles. The van der Waals surface area contributed by atoms with E-state index in [9.17, 15) is 9.90 Å². The quantitative estimate of drug-likeness (QED) is 0.834. The highest BCUT2D eigenvalue weighted by atomic mass is 79.9. The summed E-state index contributed by atoms with van der Waals surface area (Å²) in [4.78, 5) is 12.4. The molecule has 1 aromatic rings. The summed E-state index contributed by atoms with van der Waals surface area (Å²) < 4.78 is 11.5. The Balaban J connectivity index is 2.11. The number of hydrogen-bond donors (Lipinski definition) is 2. The van der Waals surface area contributed by atoms with Crippen molar-refractivity contribution in [3.05, 3.63) is 22.2 Å². The third kappa shape index (κ3) is 4.14. The molecule has 0 bridgehead atoms. The summed E-state index contributed by atoms with van der Waals surface area (Å²) in [7, 11) is 1.55. The van der Waals surface area contributed by atoms with Crippen molar-refractivity contribution in [2.75, 3.05) is 13.7 Å². The van der Waals surface area contributed by atoms with Gasteiger partial charge in [0.05, 0.1) is 24.3 Å². The van der Waals surface area contributed by atoms with Gasteiger partial charge in [-0.25, -0.2) is 0 Å². The molecule has 0 aliphatic heterocycles. The van der Waals surface area contributed by atoms with Gasteiger partial charge in [0, 0.05) is 11.6 Å². The Hall–Kier alpha value is -1.27. The lowest BCUT2D eigenvalue weighted by Crippen LogP contribution is -2.38. The van der Waals surface area contributed by atoms with E-state index in [1.54, 1.807) is 19.2 Å². The number of aliphatic hydroxyl groups is 1. The van der Waals surface area contributed by atoms with Crippen LogP contribution in [0.3, 0.4) is 0 Å². The van der Waals surface area contributed by atoms with Crippen LogP contribution in [0.2, 0.25) is 0 Å². The van der Waals surface area contributed by atoms with Crippen molar-refractivity contribution in [3.63, 3.8) is 0 Å². The van der Waals surface area contributed by atoms with Crippen LogP contribution in [0.25, 0.3) is 0 Å². The van der Waals surface area contributed by atoms with Gasteiger partial charge in [-0.3, -0.25) is 4.79 Å². The maximum atomic E-state index is 12.4. The second kappa shape index (κ2) is 7.83. The van der Waals surface area contributed by atoms with E-state index in [2.05, 4.69) is 21.2 Å². The molecule has 5 nitrogen and oxygen atoms in total. The molecule has 122 valence electrons. The number of rotatable bonds is 5. The standard InChI is InChI=1S/C16H22BrNO4/c1-3-22-15-13(17)8-10(9-14(15)21-2)16(20)18-11-4-6-12(19)7-5-11/h8-9,11-12,19H,3-7H2,1-2H3,(H,18,20). The van der Waals surface area contributed by atoms with Crippen LogP contribution in [0.1, 0.15) is 43.0 Å². The van der Waals surface area contributed by atoms with Crippen LogP contribution in [0, 0.1) is 0 Å². The minimum atomic E-state index is -0.229. The van der Waals surface area contributed by atoms with E-state index < -0.39 is 0 Å². The van der Waals surface area contributed by atoms with E-state index in [1.807, 2.05) is 6.92 Å². The number of carbonyl (C=O) groups is 1. The molecule has 0 radical (unpaired) electrons. The minimum absolute atomic E-state index is 0.118. The topological polar surface area (TPSA) is 67.8 Å². The van der Waals surface area contributed by atoms with Gasteiger partial charge in [0.15, 0.2) is 11.5 Å². The van der Waals surface area contributed by atoms with Crippen molar-refractivity contribution in [2.24, 2.45) is 0 Å². The number of carbonyl (C=O) groups excluding carboxylic acids is 1. The van der Waals surface area contributed by atoms with Crippen LogP contribution in [-0.2, 0) is 0 Å². The van der Waals surface area contributed by atoms with E-state index >= 15 is 0 Å². The smallest absolute Gasteiger partial charge is 0.251 e. The number of methoxy groups -OCH3 is 1. The number of halogens is 1. The molecule has 0 atom stereocenters. The average molecular weight is 372 g/mol. The Morgan fingerprint density at radius 2 is 2.05 bits per heavy atom. The average Bonchev–Trinajstić information content (AvgIpc) is 2.51. The second-order valence-electron chi connectivity index (χ2n) is 5.40. The molecular weight excluding hydrogens is 350 g/mol. The van der Waals surface area contributed by atoms with Crippen molar-refractivity contribution < 1.29 is 19.4 Å².